The van der Waals surface area contributed by atoms with E-state index in [4.69, 9.17) is 30.5 Å². The first-order valence-electron chi connectivity index (χ1n) is 18.5. The summed E-state index contributed by atoms with van der Waals surface area (Å²) in [7, 11) is -1.86. The van der Waals surface area contributed by atoms with Gasteiger partial charge in [-0.15, -0.1) is 4.36 Å². The number of alkyl halides is 1. The fourth-order valence-corrected chi connectivity index (χ4v) is 10.7. The number of methoxy groups -OCH3 is 1. The maximum Gasteiger partial charge on any atom is 0.286 e. The third-order valence-electron chi connectivity index (χ3n) is 11.4. The lowest BCUT2D eigenvalue weighted by atomic mass is 9.68. The van der Waals surface area contributed by atoms with Gasteiger partial charge in [0.15, 0.2) is 0 Å². The van der Waals surface area contributed by atoms with Crippen molar-refractivity contribution in [1.29, 1.82) is 0 Å². The summed E-state index contributed by atoms with van der Waals surface area (Å²) >= 11 is 6.45. The number of anilines is 1. The molecule has 5 aliphatic rings. The molecule has 2 fully saturated rings. The average Bonchev–Trinajstić information content (AvgIpc) is 3.25. The zero-order valence-corrected chi connectivity index (χ0v) is 31.5. The molecule has 282 valence electrons. The molecular weight excluding hydrogens is 709 g/mol. The summed E-state index contributed by atoms with van der Waals surface area (Å²) in [5, 5.41) is 0.726. The van der Waals surface area contributed by atoms with Crippen molar-refractivity contribution in [2.75, 3.05) is 57.3 Å². The van der Waals surface area contributed by atoms with E-state index >= 15 is 0 Å². The monoisotopic (exact) mass is 757 g/mol. The Morgan fingerprint density at radius 1 is 1.21 bits per heavy atom. The van der Waals surface area contributed by atoms with Crippen molar-refractivity contribution in [3.63, 3.8) is 0 Å². The van der Waals surface area contributed by atoms with Crippen LogP contribution in [-0.2, 0) is 40.8 Å². The van der Waals surface area contributed by atoms with E-state index < -0.39 is 40.6 Å². The Kier molecular flexibility index (Phi) is 11.3. The molecule has 2 aliphatic carbocycles. The molecule has 1 saturated carbocycles. The van der Waals surface area contributed by atoms with Crippen LogP contribution in [0.5, 0.6) is 5.75 Å². The minimum atomic E-state index is -3.60. The Morgan fingerprint density at radius 3 is 2.87 bits per heavy atom. The second-order valence-electron chi connectivity index (χ2n) is 15.2. The van der Waals surface area contributed by atoms with Gasteiger partial charge in [0.25, 0.3) is 11.8 Å². The molecule has 10 nitrogen and oxygen atoms in total. The molecule has 8 atom stereocenters. The molecule has 0 radical (unpaired) electrons. The van der Waals surface area contributed by atoms with E-state index in [1.165, 1.54) is 11.1 Å². The summed E-state index contributed by atoms with van der Waals surface area (Å²) in [6.07, 6.45) is 7.78. The molecule has 7 rings (SSSR count). The Labute approximate surface area is 311 Å². The minimum Gasteiger partial charge on any atom is -0.490 e. The standard InChI is InChI=1S/C39H49ClFN3O7S/c1-25-5-3-7-34(48-2)30-11-8-28(30)19-44-23-39(15-4-6-26-17-29(40)10-12-31(26)39)24-51-36-13-9-27(18-33(36)44)38(46)43-52(47,22-25)42-37(45)21-50-35-14-16-49-20-32(35)41/h3,7,9-10,12-13,17-18,25,28,30,32,34-35H,4-6,8,11,14-16,19-24H2,1-2H3,(H,42,43,45,46,47)/b7-3+/t25-,28-,30+,32+,34-,35-,39-,52+/m0/s1. The number of amides is 2. The third kappa shape index (κ3) is 8.06. The summed E-state index contributed by atoms with van der Waals surface area (Å²) in [6, 6.07) is 11.4. The van der Waals surface area contributed by atoms with Crippen molar-refractivity contribution < 1.29 is 37.1 Å². The average molecular weight is 758 g/mol. The molecule has 3 heterocycles. The van der Waals surface area contributed by atoms with E-state index in [0.717, 1.165) is 49.4 Å². The molecule has 52 heavy (non-hydrogen) atoms. The highest BCUT2D eigenvalue weighted by molar-refractivity contribution is 7.92. The molecule has 2 bridgehead atoms. The topological polar surface area (TPSA) is 116 Å². The van der Waals surface area contributed by atoms with Crippen LogP contribution >= 0.6 is 11.6 Å². The number of nitrogens with zero attached hydrogens (tertiary/aromatic N) is 2. The number of nitrogens with one attached hydrogen (secondary N) is 1. The molecule has 2 aromatic rings. The quantitative estimate of drug-likeness (QED) is 0.357. The smallest absolute Gasteiger partial charge is 0.286 e. The highest BCUT2D eigenvalue weighted by Gasteiger charge is 2.44. The Bertz CT molecular complexity index is 1820. The van der Waals surface area contributed by atoms with E-state index in [2.05, 4.69) is 32.2 Å². The zero-order chi connectivity index (χ0) is 36.5. The van der Waals surface area contributed by atoms with Crippen LogP contribution in [0, 0.1) is 17.8 Å². The summed E-state index contributed by atoms with van der Waals surface area (Å²) in [5.41, 5.74) is 3.26. The van der Waals surface area contributed by atoms with Crippen LogP contribution in [0.1, 0.15) is 66.9 Å². The lowest BCUT2D eigenvalue weighted by molar-refractivity contribution is -0.132. The second kappa shape index (κ2) is 15.8. The van der Waals surface area contributed by atoms with E-state index in [1.807, 2.05) is 19.1 Å². The van der Waals surface area contributed by atoms with Crippen molar-refractivity contribution in [1.82, 2.24) is 4.72 Å². The Morgan fingerprint density at radius 2 is 2.08 bits per heavy atom. The summed E-state index contributed by atoms with van der Waals surface area (Å²) in [4.78, 5) is 29.4. The predicted octanol–water partition coefficient (Wildman–Crippen LogP) is 6.23. The van der Waals surface area contributed by atoms with Crippen LogP contribution in [0.3, 0.4) is 0 Å². The van der Waals surface area contributed by atoms with Crippen molar-refractivity contribution in [2.45, 2.75) is 75.7 Å². The first kappa shape index (κ1) is 37.3. The third-order valence-corrected chi connectivity index (χ3v) is 13.7. The highest BCUT2D eigenvalue weighted by Crippen LogP contribution is 2.47. The number of carbonyl (C=O) groups excluding carboxylic acids is 2. The fraction of sp³-hybridized carbons (Fsp3) is 0.590. The first-order chi connectivity index (χ1) is 25.0. The molecule has 1 saturated heterocycles. The highest BCUT2D eigenvalue weighted by atomic mass is 35.5. The summed E-state index contributed by atoms with van der Waals surface area (Å²) in [5.74, 6) is -0.334. The van der Waals surface area contributed by atoms with Gasteiger partial charge in [0.2, 0.25) is 0 Å². The number of ether oxygens (including phenoxy) is 4. The van der Waals surface area contributed by atoms with Crippen molar-refractivity contribution in [2.24, 2.45) is 22.1 Å². The van der Waals surface area contributed by atoms with Gasteiger partial charge in [0, 0.05) is 42.8 Å². The molecular formula is C39H49ClFN3O7S. The lowest BCUT2D eigenvalue weighted by Crippen LogP contribution is -2.49. The van der Waals surface area contributed by atoms with Gasteiger partial charge in [-0.2, -0.15) is 0 Å². The molecule has 2 aromatic carbocycles. The Balaban J connectivity index is 1.23. The largest absolute Gasteiger partial charge is 0.490 e. The predicted molar refractivity (Wildman–Crippen MR) is 198 cm³/mol. The van der Waals surface area contributed by atoms with Crippen LogP contribution in [0.25, 0.3) is 0 Å². The van der Waals surface area contributed by atoms with Gasteiger partial charge in [-0.1, -0.05) is 36.7 Å². The first-order valence-corrected chi connectivity index (χ1v) is 20.5. The van der Waals surface area contributed by atoms with Gasteiger partial charge >= 0.3 is 0 Å². The maximum atomic E-state index is 14.4. The van der Waals surface area contributed by atoms with Gasteiger partial charge in [0.1, 0.15) is 28.4 Å². The van der Waals surface area contributed by atoms with Crippen molar-refractivity contribution in [3.05, 3.63) is 70.3 Å². The number of benzene rings is 2. The van der Waals surface area contributed by atoms with Gasteiger partial charge < -0.3 is 23.8 Å². The van der Waals surface area contributed by atoms with Crippen molar-refractivity contribution >= 4 is 39.0 Å². The summed E-state index contributed by atoms with van der Waals surface area (Å²) < 4.78 is 58.7. The number of carbonyl (C=O) groups is 2. The van der Waals surface area contributed by atoms with Gasteiger partial charge in [-0.3, -0.25) is 14.3 Å². The second-order valence-corrected chi connectivity index (χ2v) is 17.7. The molecule has 13 heteroatoms. The van der Waals surface area contributed by atoms with Crippen molar-refractivity contribution in [3.8, 4) is 5.75 Å². The van der Waals surface area contributed by atoms with Crippen LogP contribution in [0.15, 0.2) is 52.9 Å². The minimum absolute atomic E-state index is 0.0619. The van der Waals surface area contributed by atoms with Gasteiger partial charge in [-0.05, 0) is 104 Å². The number of rotatable bonds is 5. The maximum absolute atomic E-state index is 14.4. The number of halogens is 2. The number of aryl methyl sites for hydroxylation is 1. The zero-order valence-electron chi connectivity index (χ0n) is 29.9. The fourth-order valence-electron chi connectivity index (χ4n) is 8.63. The molecule has 0 aromatic heterocycles. The number of fused-ring (bicyclic) bond motifs is 4. The van der Waals surface area contributed by atoms with E-state index in [0.29, 0.717) is 50.2 Å². The lowest BCUT2D eigenvalue weighted by Gasteiger charge is -2.46. The number of hydrogen-bond acceptors (Lipinski definition) is 8. The molecule has 1 spiro atoms. The SMILES string of the molecule is CO[C@H]1/C=C/C[C@H](C)C[S@@](=O)(NC(=O)CO[C@H]2CCOC[C@H]2F)=NC(=O)c2ccc3c(c2)N(C[C@@H]2CC[C@H]21)C[C@@]1(CCCc2cc(Cl)ccc21)CO3. The van der Waals surface area contributed by atoms with Crippen LogP contribution < -0.4 is 14.4 Å². The molecule has 0 unspecified atom stereocenters. The molecule has 3 aliphatic heterocycles. The number of hydrogen-bond donors (Lipinski definition) is 1. The Hall–Kier alpha value is -3.03. The van der Waals surface area contributed by atoms with E-state index in [-0.39, 0.29) is 35.4 Å². The van der Waals surface area contributed by atoms with Gasteiger partial charge in [0.05, 0.1) is 36.9 Å². The normalized spacial score (nSPS) is 34.1. The molecule has 1 N–H and O–H groups in total. The van der Waals surface area contributed by atoms with Crippen LogP contribution in [0.2, 0.25) is 5.02 Å². The van der Waals surface area contributed by atoms with Crippen LogP contribution in [0.4, 0.5) is 10.1 Å². The molecule has 2 amide bonds. The van der Waals surface area contributed by atoms with Gasteiger partial charge in [-0.25, -0.2) is 8.60 Å². The van der Waals surface area contributed by atoms with E-state index in [1.54, 1.807) is 25.3 Å². The summed E-state index contributed by atoms with van der Waals surface area (Å²) in [6.45, 7) is 3.55. The van der Waals surface area contributed by atoms with E-state index in [9.17, 15) is 18.2 Å². The number of allylic oxidation sites excluding steroid dienone is 1. The van der Waals surface area contributed by atoms with Crippen LogP contribution in [-0.4, -0.2) is 86.8 Å².